The van der Waals surface area contributed by atoms with Crippen molar-refractivity contribution in [3.8, 4) is 11.6 Å². The fourth-order valence-corrected chi connectivity index (χ4v) is 3.71. The molecule has 27 heavy (non-hydrogen) atoms. The number of hydrogen-bond acceptors (Lipinski definition) is 5. The first-order valence-corrected chi connectivity index (χ1v) is 10.0. The Labute approximate surface area is 163 Å². The number of aromatic nitrogens is 3. The Morgan fingerprint density at radius 2 is 1.96 bits per heavy atom. The molecule has 142 valence electrons. The van der Waals surface area contributed by atoms with Gasteiger partial charge in [-0.15, -0.1) is 10.2 Å². The number of furan rings is 1. The van der Waals surface area contributed by atoms with Crippen molar-refractivity contribution in [2.45, 2.75) is 45.1 Å². The summed E-state index contributed by atoms with van der Waals surface area (Å²) in [7, 11) is 0. The first-order chi connectivity index (χ1) is 13.1. The molecule has 3 aromatic rings. The maximum Gasteiger partial charge on any atom is 0.233 e. The van der Waals surface area contributed by atoms with E-state index in [0.717, 1.165) is 10.7 Å². The zero-order chi connectivity index (χ0) is 19.2. The number of carbonyl (C=O) groups is 1. The average Bonchev–Trinajstić information content (AvgIpc) is 3.33. The van der Waals surface area contributed by atoms with Crippen molar-refractivity contribution in [3.05, 3.63) is 54.3 Å². The van der Waals surface area contributed by atoms with E-state index in [0.29, 0.717) is 30.4 Å². The van der Waals surface area contributed by atoms with Gasteiger partial charge in [0, 0.05) is 19.1 Å². The van der Waals surface area contributed by atoms with Crippen LogP contribution in [0.25, 0.3) is 11.6 Å². The van der Waals surface area contributed by atoms with Crippen molar-refractivity contribution in [1.82, 2.24) is 19.7 Å². The predicted molar refractivity (Wildman–Crippen MR) is 106 cm³/mol. The molecule has 2 heterocycles. The standard InChI is InChI=1S/C20H24N4O2S/c1-4-23-19(17-11-8-12-26-17)21-22-20(23)27-14-18(25)24(15(2)3)13-16-9-6-5-7-10-16/h5-12,15H,4,13-14H2,1-3H3. The van der Waals surface area contributed by atoms with Gasteiger partial charge in [0.15, 0.2) is 16.7 Å². The van der Waals surface area contributed by atoms with Crippen molar-refractivity contribution < 1.29 is 9.21 Å². The molecule has 0 saturated carbocycles. The van der Waals surface area contributed by atoms with Crippen molar-refractivity contribution >= 4 is 17.7 Å². The van der Waals surface area contributed by atoms with Crippen LogP contribution in [0.4, 0.5) is 0 Å². The topological polar surface area (TPSA) is 64.2 Å². The normalized spacial score (nSPS) is 11.1. The maximum absolute atomic E-state index is 12.8. The lowest BCUT2D eigenvalue weighted by molar-refractivity contribution is -0.130. The highest BCUT2D eigenvalue weighted by molar-refractivity contribution is 7.99. The second-order valence-electron chi connectivity index (χ2n) is 6.42. The summed E-state index contributed by atoms with van der Waals surface area (Å²) in [5, 5.41) is 9.20. The molecule has 0 spiro atoms. The zero-order valence-electron chi connectivity index (χ0n) is 15.8. The summed E-state index contributed by atoms with van der Waals surface area (Å²) >= 11 is 1.41. The Morgan fingerprint density at radius 1 is 1.19 bits per heavy atom. The molecule has 0 aliphatic heterocycles. The van der Waals surface area contributed by atoms with E-state index in [1.165, 1.54) is 11.8 Å². The quantitative estimate of drug-likeness (QED) is 0.548. The second kappa shape index (κ2) is 8.90. The van der Waals surface area contributed by atoms with E-state index in [9.17, 15) is 4.79 Å². The minimum Gasteiger partial charge on any atom is -0.461 e. The lowest BCUT2D eigenvalue weighted by Gasteiger charge is -2.26. The van der Waals surface area contributed by atoms with E-state index < -0.39 is 0 Å². The molecule has 0 saturated heterocycles. The van der Waals surface area contributed by atoms with E-state index in [2.05, 4.69) is 10.2 Å². The summed E-state index contributed by atoms with van der Waals surface area (Å²) in [6.45, 7) is 7.41. The Balaban J connectivity index is 1.69. The molecule has 6 nitrogen and oxygen atoms in total. The van der Waals surface area contributed by atoms with Gasteiger partial charge in [-0.3, -0.25) is 9.36 Å². The molecule has 0 radical (unpaired) electrons. The van der Waals surface area contributed by atoms with Crippen LogP contribution in [0.5, 0.6) is 0 Å². The van der Waals surface area contributed by atoms with Gasteiger partial charge < -0.3 is 9.32 Å². The largest absolute Gasteiger partial charge is 0.461 e. The molecule has 0 aliphatic carbocycles. The third-order valence-electron chi connectivity index (χ3n) is 4.24. The van der Waals surface area contributed by atoms with Crippen LogP contribution in [-0.2, 0) is 17.9 Å². The third kappa shape index (κ3) is 4.60. The van der Waals surface area contributed by atoms with Gasteiger partial charge in [-0.1, -0.05) is 42.1 Å². The second-order valence-corrected chi connectivity index (χ2v) is 7.36. The number of benzene rings is 1. The molecule has 0 fully saturated rings. The Hall–Kier alpha value is -2.54. The van der Waals surface area contributed by atoms with Crippen LogP contribution < -0.4 is 0 Å². The Kier molecular flexibility index (Phi) is 6.34. The molecule has 3 rings (SSSR count). The first kappa shape index (κ1) is 19.2. The number of hydrogen-bond donors (Lipinski definition) is 0. The molecule has 1 aromatic carbocycles. The highest BCUT2D eigenvalue weighted by Gasteiger charge is 2.20. The molecule has 7 heteroatoms. The molecular weight excluding hydrogens is 360 g/mol. The van der Waals surface area contributed by atoms with Crippen molar-refractivity contribution in [3.63, 3.8) is 0 Å². The van der Waals surface area contributed by atoms with Crippen LogP contribution in [0, 0.1) is 0 Å². The summed E-state index contributed by atoms with van der Waals surface area (Å²) in [4.78, 5) is 14.7. The maximum atomic E-state index is 12.8. The fourth-order valence-electron chi connectivity index (χ4n) is 2.82. The predicted octanol–water partition coefficient (Wildman–Crippen LogP) is 4.09. The van der Waals surface area contributed by atoms with Crippen molar-refractivity contribution in [2.75, 3.05) is 5.75 Å². The zero-order valence-corrected chi connectivity index (χ0v) is 16.6. The SMILES string of the molecule is CCn1c(SCC(=O)N(Cc2ccccc2)C(C)C)nnc1-c1ccco1. The van der Waals surface area contributed by atoms with E-state index in [4.69, 9.17) is 4.42 Å². The van der Waals surface area contributed by atoms with Gasteiger partial charge in [0.05, 0.1) is 12.0 Å². The highest BCUT2D eigenvalue weighted by atomic mass is 32.2. The van der Waals surface area contributed by atoms with Crippen LogP contribution in [0.1, 0.15) is 26.3 Å². The molecule has 2 aromatic heterocycles. The summed E-state index contributed by atoms with van der Waals surface area (Å²) in [5.41, 5.74) is 1.13. The summed E-state index contributed by atoms with van der Waals surface area (Å²) in [5.74, 6) is 1.77. The molecule has 1 amide bonds. The van der Waals surface area contributed by atoms with E-state index >= 15 is 0 Å². The lowest BCUT2D eigenvalue weighted by atomic mass is 10.2. The minimum absolute atomic E-state index is 0.0871. The van der Waals surface area contributed by atoms with Gasteiger partial charge in [0.25, 0.3) is 0 Å². The van der Waals surface area contributed by atoms with Gasteiger partial charge >= 0.3 is 0 Å². The Morgan fingerprint density at radius 3 is 2.59 bits per heavy atom. The highest BCUT2D eigenvalue weighted by Crippen LogP contribution is 2.24. The monoisotopic (exact) mass is 384 g/mol. The number of thioether (sulfide) groups is 1. The number of carbonyl (C=O) groups excluding carboxylic acids is 1. The number of nitrogens with zero attached hydrogens (tertiary/aromatic N) is 4. The van der Waals surface area contributed by atoms with Crippen LogP contribution in [0.3, 0.4) is 0 Å². The molecular formula is C20H24N4O2S. The van der Waals surface area contributed by atoms with Gasteiger partial charge in [-0.05, 0) is 38.5 Å². The lowest BCUT2D eigenvalue weighted by Crippen LogP contribution is -2.37. The molecule has 0 unspecified atom stereocenters. The van der Waals surface area contributed by atoms with Crippen molar-refractivity contribution in [1.29, 1.82) is 0 Å². The van der Waals surface area contributed by atoms with Gasteiger partial charge in [-0.2, -0.15) is 0 Å². The van der Waals surface area contributed by atoms with Crippen molar-refractivity contribution in [2.24, 2.45) is 0 Å². The molecule has 0 N–H and O–H groups in total. The number of rotatable bonds is 8. The number of amides is 1. The van der Waals surface area contributed by atoms with Gasteiger partial charge in [0.2, 0.25) is 5.91 Å². The van der Waals surface area contributed by atoms with Gasteiger partial charge in [0.1, 0.15) is 0 Å². The molecule has 0 bridgehead atoms. The fraction of sp³-hybridized carbons (Fsp3) is 0.350. The summed E-state index contributed by atoms with van der Waals surface area (Å²) < 4.78 is 7.40. The first-order valence-electron chi connectivity index (χ1n) is 9.03. The van der Waals surface area contributed by atoms with Crippen LogP contribution >= 0.6 is 11.8 Å². The van der Waals surface area contributed by atoms with Crippen LogP contribution in [-0.4, -0.2) is 37.4 Å². The van der Waals surface area contributed by atoms with E-state index in [1.54, 1.807) is 6.26 Å². The average molecular weight is 385 g/mol. The Bertz CT molecular complexity index is 860. The third-order valence-corrected chi connectivity index (χ3v) is 5.19. The van der Waals surface area contributed by atoms with E-state index in [1.807, 2.05) is 72.7 Å². The molecule has 0 aliphatic rings. The van der Waals surface area contributed by atoms with Crippen LogP contribution in [0.2, 0.25) is 0 Å². The molecule has 0 atom stereocenters. The summed E-state index contributed by atoms with van der Waals surface area (Å²) in [6, 6.07) is 13.9. The summed E-state index contributed by atoms with van der Waals surface area (Å²) in [6.07, 6.45) is 1.62. The smallest absolute Gasteiger partial charge is 0.233 e. The van der Waals surface area contributed by atoms with E-state index in [-0.39, 0.29) is 11.9 Å². The van der Waals surface area contributed by atoms with Crippen LogP contribution in [0.15, 0.2) is 58.3 Å². The minimum atomic E-state index is 0.0871. The van der Waals surface area contributed by atoms with Gasteiger partial charge in [-0.25, -0.2) is 0 Å².